The molecule has 0 aliphatic carbocycles. The minimum atomic E-state index is -0.205. The number of aromatic amines is 1. The van der Waals surface area contributed by atoms with E-state index in [1.54, 1.807) is 29.9 Å². The summed E-state index contributed by atoms with van der Waals surface area (Å²) >= 11 is 5.18. The van der Waals surface area contributed by atoms with Gasteiger partial charge < -0.3 is 14.8 Å². The van der Waals surface area contributed by atoms with Gasteiger partial charge in [-0.2, -0.15) is 5.10 Å². The molecule has 23 heavy (non-hydrogen) atoms. The second kappa shape index (κ2) is 7.77. The number of H-pyrrole nitrogens is 1. The second-order valence-corrected chi connectivity index (χ2v) is 5.28. The van der Waals surface area contributed by atoms with Crippen molar-refractivity contribution in [2.45, 2.75) is 26.3 Å². The van der Waals surface area contributed by atoms with Crippen LogP contribution >= 0.6 is 12.2 Å². The summed E-state index contributed by atoms with van der Waals surface area (Å²) in [5, 5.41) is 9.69. The predicted octanol–water partition coefficient (Wildman–Crippen LogP) is 2.55. The molecule has 2 N–H and O–H groups in total. The Morgan fingerprint density at radius 1 is 1.39 bits per heavy atom. The number of nitrogens with zero attached hydrogens (tertiary/aromatic N) is 2. The van der Waals surface area contributed by atoms with E-state index in [4.69, 9.17) is 21.7 Å². The average Bonchev–Trinajstić information content (AvgIpc) is 2.88. The topological polar surface area (TPSA) is 81.2 Å². The molecule has 1 aromatic heterocycles. The van der Waals surface area contributed by atoms with Crippen molar-refractivity contribution in [3.05, 3.63) is 28.8 Å². The van der Waals surface area contributed by atoms with Gasteiger partial charge in [0.05, 0.1) is 19.9 Å². The van der Waals surface area contributed by atoms with Gasteiger partial charge in [-0.05, 0) is 30.8 Å². The third kappa shape index (κ3) is 4.10. The SMILES string of the molecule is CCCc1n[nH]c(=S)n1CC(=O)Nc1ccc(OC)cc1OC. The molecule has 2 aromatic rings. The van der Waals surface area contributed by atoms with Gasteiger partial charge in [0.25, 0.3) is 0 Å². The van der Waals surface area contributed by atoms with Crippen LogP contribution in [-0.2, 0) is 17.8 Å². The summed E-state index contributed by atoms with van der Waals surface area (Å²) in [7, 11) is 3.11. The Bertz CT molecular complexity index is 739. The molecule has 1 heterocycles. The number of methoxy groups -OCH3 is 2. The normalized spacial score (nSPS) is 10.4. The van der Waals surface area contributed by atoms with E-state index in [9.17, 15) is 4.79 Å². The van der Waals surface area contributed by atoms with Gasteiger partial charge in [-0.3, -0.25) is 14.5 Å². The van der Waals surface area contributed by atoms with Gasteiger partial charge in [-0.15, -0.1) is 0 Å². The number of ether oxygens (including phenoxy) is 2. The monoisotopic (exact) mass is 336 g/mol. The van der Waals surface area contributed by atoms with Gasteiger partial charge in [0, 0.05) is 12.5 Å². The lowest BCUT2D eigenvalue weighted by atomic mass is 10.2. The molecular weight excluding hydrogens is 316 g/mol. The maximum atomic E-state index is 12.3. The first-order valence-corrected chi connectivity index (χ1v) is 7.65. The Balaban J connectivity index is 2.14. The highest BCUT2D eigenvalue weighted by molar-refractivity contribution is 7.71. The lowest BCUT2D eigenvalue weighted by Gasteiger charge is -2.12. The van der Waals surface area contributed by atoms with E-state index in [0.717, 1.165) is 18.7 Å². The molecule has 2 rings (SSSR count). The summed E-state index contributed by atoms with van der Waals surface area (Å²) < 4.78 is 12.5. The van der Waals surface area contributed by atoms with E-state index in [1.807, 2.05) is 6.92 Å². The van der Waals surface area contributed by atoms with Crippen molar-refractivity contribution in [2.24, 2.45) is 0 Å². The van der Waals surface area contributed by atoms with Crippen LogP contribution in [0.2, 0.25) is 0 Å². The number of carbonyl (C=O) groups excluding carboxylic acids is 1. The van der Waals surface area contributed by atoms with Crippen LogP contribution in [0.5, 0.6) is 11.5 Å². The van der Waals surface area contributed by atoms with Crippen LogP contribution < -0.4 is 14.8 Å². The van der Waals surface area contributed by atoms with Crippen LogP contribution in [0.3, 0.4) is 0 Å². The molecule has 124 valence electrons. The number of hydrogen-bond donors (Lipinski definition) is 2. The molecule has 0 saturated carbocycles. The number of benzene rings is 1. The molecule has 0 saturated heterocycles. The Kier molecular flexibility index (Phi) is 5.75. The van der Waals surface area contributed by atoms with Crippen molar-refractivity contribution in [1.82, 2.24) is 14.8 Å². The maximum absolute atomic E-state index is 12.3. The molecule has 8 heteroatoms. The zero-order chi connectivity index (χ0) is 16.8. The van der Waals surface area contributed by atoms with Crippen molar-refractivity contribution < 1.29 is 14.3 Å². The Morgan fingerprint density at radius 3 is 2.83 bits per heavy atom. The van der Waals surface area contributed by atoms with Gasteiger partial charge in [-0.1, -0.05) is 6.92 Å². The molecule has 0 atom stereocenters. The number of anilines is 1. The lowest BCUT2D eigenvalue weighted by Crippen LogP contribution is -2.20. The molecule has 1 aromatic carbocycles. The van der Waals surface area contributed by atoms with Gasteiger partial charge in [0.15, 0.2) is 4.77 Å². The number of hydrogen-bond acceptors (Lipinski definition) is 5. The smallest absolute Gasteiger partial charge is 0.244 e. The zero-order valence-electron chi connectivity index (χ0n) is 13.4. The van der Waals surface area contributed by atoms with Gasteiger partial charge in [0.2, 0.25) is 5.91 Å². The average molecular weight is 336 g/mol. The maximum Gasteiger partial charge on any atom is 0.244 e. The molecular formula is C15H20N4O3S. The van der Waals surface area contributed by atoms with Crippen LogP contribution in [-0.4, -0.2) is 34.9 Å². The summed E-state index contributed by atoms with van der Waals surface area (Å²) in [6.07, 6.45) is 1.68. The fourth-order valence-electron chi connectivity index (χ4n) is 2.16. The first kappa shape index (κ1) is 17.0. The minimum absolute atomic E-state index is 0.0971. The summed E-state index contributed by atoms with van der Waals surface area (Å²) in [5.41, 5.74) is 0.574. The molecule has 0 radical (unpaired) electrons. The quantitative estimate of drug-likeness (QED) is 0.760. The van der Waals surface area contributed by atoms with E-state index >= 15 is 0 Å². The van der Waals surface area contributed by atoms with E-state index in [0.29, 0.717) is 22.0 Å². The standard InChI is InChI=1S/C15H20N4O3S/c1-4-5-13-17-18-15(23)19(13)9-14(20)16-11-7-6-10(21-2)8-12(11)22-3/h6-8H,4-5,9H2,1-3H3,(H,16,20)(H,18,23). The Labute approximate surface area is 139 Å². The van der Waals surface area contributed by atoms with E-state index < -0.39 is 0 Å². The highest BCUT2D eigenvalue weighted by atomic mass is 32.1. The Hall–Kier alpha value is -2.35. The third-order valence-corrected chi connectivity index (χ3v) is 3.61. The van der Waals surface area contributed by atoms with Crippen molar-refractivity contribution in [2.75, 3.05) is 19.5 Å². The molecule has 0 bridgehead atoms. The number of rotatable bonds is 7. The van der Waals surface area contributed by atoms with E-state index in [1.165, 1.54) is 7.11 Å². The first-order chi connectivity index (χ1) is 11.1. The summed E-state index contributed by atoms with van der Waals surface area (Å²) in [6.45, 7) is 2.14. The number of amides is 1. The Morgan fingerprint density at radius 2 is 2.17 bits per heavy atom. The summed E-state index contributed by atoms with van der Waals surface area (Å²) in [4.78, 5) is 12.3. The summed E-state index contributed by atoms with van der Waals surface area (Å²) in [5.74, 6) is 1.75. The zero-order valence-corrected chi connectivity index (χ0v) is 14.2. The highest BCUT2D eigenvalue weighted by Gasteiger charge is 2.12. The third-order valence-electron chi connectivity index (χ3n) is 3.30. The van der Waals surface area contributed by atoms with Gasteiger partial charge >= 0.3 is 0 Å². The molecule has 1 amide bonds. The molecule has 0 fully saturated rings. The van der Waals surface area contributed by atoms with E-state index in [-0.39, 0.29) is 12.5 Å². The van der Waals surface area contributed by atoms with Crippen molar-refractivity contribution in [3.63, 3.8) is 0 Å². The molecule has 0 unspecified atom stereocenters. The lowest BCUT2D eigenvalue weighted by molar-refractivity contribution is -0.116. The van der Waals surface area contributed by atoms with Crippen LogP contribution in [0, 0.1) is 4.77 Å². The molecule has 0 aliphatic heterocycles. The first-order valence-electron chi connectivity index (χ1n) is 7.25. The van der Waals surface area contributed by atoms with E-state index in [2.05, 4.69) is 15.5 Å². The minimum Gasteiger partial charge on any atom is -0.497 e. The van der Waals surface area contributed by atoms with Crippen molar-refractivity contribution >= 4 is 23.8 Å². The number of aryl methyl sites for hydroxylation is 1. The summed E-state index contributed by atoms with van der Waals surface area (Å²) in [6, 6.07) is 5.20. The number of aromatic nitrogens is 3. The van der Waals surface area contributed by atoms with Crippen LogP contribution in [0.1, 0.15) is 19.2 Å². The van der Waals surface area contributed by atoms with Gasteiger partial charge in [0.1, 0.15) is 23.9 Å². The fraction of sp³-hybridized carbons (Fsp3) is 0.400. The van der Waals surface area contributed by atoms with Crippen LogP contribution in [0.15, 0.2) is 18.2 Å². The molecule has 7 nitrogen and oxygen atoms in total. The fourth-order valence-corrected chi connectivity index (χ4v) is 2.38. The predicted molar refractivity (Wildman–Crippen MR) is 89.6 cm³/mol. The van der Waals surface area contributed by atoms with Gasteiger partial charge in [-0.25, -0.2) is 0 Å². The van der Waals surface area contributed by atoms with Crippen molar-refractivity contribution in [1.29, 1.82) is 0 Å². The highest BCUT2D eigenvalue weighted by Crippen LogP contribution is 2.28. The second-order valence-electron chi connectivity index (χ2n) is 4.90. The number of carbonyl (C=O) groups is 1. The van der Waals surface area contributed by atoms with Crippen LogP contribution in [0.4, 0.5) is 5.69 Å². The van der Waals surface area contributed by atoms with Crippen molar-refractivity contribution in [3.8, 4) is 11.5 Å². The molecule has 0 aliphatic rings. The van der Waals surface area contributed by atoms with Crippen LogP contribution in [0.25, 0.3) is 0 Å². The largest absolute Gasteiger partial charge is 0.497 e. The number of nitrogens with one attached hydrogen (secondary N) is 2. The molecule has 0 spiro atoms.